The number of hydrogen-bond donors (Lipinski definition) is 1. The van der Waals surface area contributed by atoms with Crippen LogP contribution in [0.5, 0.6) is 0 Å². The average Bonchev–Trinajstić information content (AvgIpc) is 2.90. The summed E-state index contributed by atoms with van der Waals surface area (Å²) in [6.07, 6.45) is 1.68. The van der Waals surface area contributed by atoms with Gasteiger partial charge in [0.05, 0.1) is 41.0 Å². The number of anilines is 2. The minimum absolute atomic E-state index is 0.114. The zero-order valence-electron chi connectivity index (χ0n) is 18.8. The lowest BCUT2D eigenvalue weighted by atomic mass is 10.0. The van der Waals surface area contributed by atoms with Crippen LogP contribution < -0.4 is 10.2 Å². The number of halogens is 3. The second-order valence-corrected chi connectivity index (χ2v) is 8.55. The Morgan fingerprint density at radius 1 is 0.917 bits per heavy atom. The van der Waals surface area contributed by atoms with E-state index in [-0.39, 0.29) is 27.4 Å². The average molecular weight is 509 g/mol. The largest absolute Gasteiger partial charge is 0.378 e. The summed E-state index contributed by atoms with van der Waals surface area (Å²) in [4.78, 5) is 36.8. The molecule has 1 aliphatic heterocycles. The van der Waals surface area contributed by atoms with Crippen molar-refractivity contribution < 1.29 is 23.1 Å². The first-order chi connectivity index (χ1) is 17.4. The van der Waals surface area contributed by atoms with E-state index in [9.17, 15) is 18.4 Å². The molecule has 1 aliphatic rings. The molecule has 10 heteroatoms. The number of nitrogens with one attached hydrogen (secondary N) is 1. The van der Waals surface area contributed by atoms with Gasteiger partial charge in [0.1, 0.15) is 17.5 Å². The van der Waals surface area contributed by atoms with Gasteiger partial charge < -0.3 is 15.0 Å². The number of ketones is 1. The van der Waals surface area contributed by atoms with Gasteiger partial charge in [-0.05, 0) is 54.6 Å². The SMILES string of the molecule is O=C(Nc1ccc(F)c(C(=O)c2ccc3ncc(N4CCOCC4)nc3c2)c1)c1ccc(F)c(Cl)c1. The molecule has 1 fully saturated rings. The number of aromatic nitrogens is 2. The monoisotopic (exact) mass is 508 g/mol. The van der Waals surface area contributed by atoms with Gasteiger partial charge in [0.25, 0.3) is 5.91 Å². The molecule has 1 N–H and O–H groups in total. The molecule has 0 unspecified atom stereocenters. The molecule has 5 rings (SSSR count). The first-order valence-electron chi connectivity index (χ1n) is 11.1. The lowest BCUT2D eigenvalue weighted by molar-refractivity contribution is 0.102. The molecule has 0 saturated carbocycles. The fourth-order valence-corrected chi connectivity index (χ4v) is 4.04. The number of amides is 1. The summed E-state index contributed by atoms with van der Waals surface area (Å²) in [5.74, 6) is -1.88. The van der Waals surface area contributed by atoms with Crippen LogP contribution in [0.15, 0.2) is 60.8 Å². The Labute approximate surface area is 209 Å². The van der Waals surface area contributed by atoms with Gasteiger partial charge in [0, 0.05) is 29.9 Å². The predicted molar refractivity (Wildman–Crippen MR) is 132 cm³/mol. The number of rotatable bonds is 5. The van der Waals surface area contributed by atoms with Gasteiger partial charge in [-0.25, -0.2) is 13.8 Å². The number of carbonyl (C=O) groups excluding carboxylic acids is 2. The third-order valence-corrected chi connectivity index (χ3v) is 6.07. The van der Waals surface area contributed by atoms with Crippen LogP contribution in [0.3, 0.4) is 0 Å². The van der Waals surface area contributed by atoms with Crippen LogP contribution >= 0.6 is 11.6 Å². The van der Waals surface area contributed by atoms with Crippen molar-refractivity contribution in [3.8, 4) is 0 Å². The van der Waals surface area contributed by atoms with E-state index in [0.29, 0.717) is 43.2 Å². The minimum atomic E-state index is -0.740. The van der Waals surface area contributed by atoms with Crippen molar-refractivity contribution in [3.05, 3.63) is 94.1 Å². The van der Waals surface area contributed by atoms with Crippen molar-refractivity contribution in [2.75, 3.05) is 36.5 Å². The Morgan fingerprint density at radius 2 is 1.67 bits per heavy atom. The Balaban J connectivity index is 1.41. The van der Waals surface area contributed by atoms with Crippen molar-refractivity contribution in [3.63, 3.8) is 0 Å². The molecular formula is C26H19ClF2N4O3. The minimum Gasteiger partial charge on any atom is -0.378 e. The first-order valence-corrected chi connectivity index (χ1v) is 11.5. The van der Waals surface area contributed by atoms with Crippen molar-refractivity contribution in [1.82, 2.24) is 9.97 Å². The zero-order chi connectivity index (χ0) is 25.2. The topological polar surface area (TPSA) is 84.4 Å². The van der Waals surface area contributed by atoms with E-state index in [4.69, 9.17) is 16.3 Å². The molecule has 0 aliphatic carbocycles. The Kier molecular flexibility index (Phi) is 6.58. The van der Waals surface area contributed by atoms with E-state index in [0.717, 1.165) is 12.1 Å². The summed E-state index contributed by atoms with van der Waals surface area (Å²) in [6.45, 7) is 2.57. The van der Waals surface area contributed by atoms with Gasteiger partial charge in [-0.2, -0.15) is 0 Å². The second-order valence-electron chi connectivity index (χ2n) is 8.14. The number of hydrogen-bond acceptors (Lipinski definition) is 6. The van der Waals surface area contributed by atoms with Crippen LogP contribution in [0, 0.1) is 11.6 Å². The molecule has 36 heavy (non-hydrogen) atoms. The molecule has 3 aromatic carbocycles. The number of ether oxygens (including phenoxy) is 1. The fraction of sp³-hybridized carbons (Fsp3) is 0.154. The number of morpholine rings is 1. The number of fused-ring (bicyclic) bond motifs is 1. The zero-order valence-corrected chi connectivity index (χ0v) is 19.6. The van der Waals surface area contributed by atoms with Crippen molar-refractivity contribution >= 4 is 45.8 Å². The lowest BCUT2D eigenvalue weighted by Gasteiger charge is -2.27. The summed E-state index contributed by atoms with van der Waals surface area (Å²) in [7, 11) is 0. The van der Waals surface area contributed by atoms with Gasteiger partial charge >= 0.3 is 0 Å². The van der Waals surface area contributed by atoms with Gasteiger partial charge in [0.15, 0.2) is 5.78 Å². The van der Waals surface area contributed by atoms with Crippen molar-refractivity contribution in [2.45, 2.75) is 0 Å². The van der Waals surface area contributed by atoms with E-state index in [2.05, 4.69) is 15.3 Å². The smallest absolute Gasteiger partial charge is 0.255 e. The highest BCUT2D eigenvalue weighted by Crippen LogP contribution is 2.23. The summed E-state index contributed by atoms with van der Waals surface area (Å²) >= 11 is 5.74. The summed E-state index contributed by atoms with van der Waals surface area (Å²) in [5, 5.41) is 2.38. The van der Waals surface area contributed by atoms with Crippen molar-refractivity contribution in [2.24, 2.45) is 0 Å². The third-order valence-electron chi connectivity index (χ3n) is 5.78. The van der Waals surface area contributed by atoms with Gasteiger partial charge in [-0.1, -0.05) is 11.6 Å². The molecule has 0 spiro atoms. The molecule has 182 valence electrons. The quantitative estimate of drug-likeness (QED) is 0.387. The number of benzene rings is 3. The molecule has 0 bridgehead atoms. The van der Waals surface area contributed by atoms with Crippen LogP contribution in [0.4, 0.5) is 20.3 Å². The normalized spacial score (nSPS) is 13.6. The maximum Gasteiger partial charge on any atom is 0.255 e. The summed E-state index contributed by atoms with van der Waals surface area (Å²) in [5.41, 5.74) is 1.42. The highest BCUT2D eigenvalue weighted by Gasteiger charge is 2.18. The highest BCUT2D eigenvalue weighted by molar-refractivity contribution is 6.31. The van der Waals surface area contributed by atoms with Crippen LogP contribution in [0.1, 0.15) is 26.3 Å². The third kappa shape index (κ3) is 4.89. The maximum absolute atomic E-state index is 14.6. The number of nitrogens with zero attached hydrogens (tertiary/aromatic N) is 3. The molecule has 0 atom stereocenters. The summed E-state index contributed by atoms with van der Waals surface area (Å²) < 4.78 is 33.4. The van der Waals surface area contributed by atoms with Crippen LogP contribution in [-0.4, -0.2) is 48.0 Å². The first kappa shape index (κ1) is 23.8. The van der Waals surface area contributed by atoms with E-state index in [1.165, 1.54) is 24.3 Å². The van der Waals surface area contributed by atoms with Crippen LogP contribution in [-0.2, 0) is 4.74 Å². The molecule has 1 amide bonds. The van der Waals surface area contributed by atoms with E-state index in [1.807, 2.05) is 4.90 Å². The molecule has 4 aromatic rings. The Hall–Kier alpha value is -3.95. The Bertz CT molecular complexity index is 1490. The van der Waals surface area contributed by atoms with E-state index >= 15 is 0 Å². The highest BCUT2D eigenvalue weighted by atomic mass is 35.5. The van der Waals surface area contributed by atoms with Crippen molar-refractivity contribution in [1.29, 1.82) is 0 Å². The van der Waals surface area contributed by atoms with Gasteiger partial charge in [-0.15, -0.1) is 0 Å². The second kappa shape index (κ2) is 9.96. The van der Waals surface area contributed by atoms with E-state index < -0.39 is 23.3 Å². The molecular weight excluding hydrogens is 490 g/mol. The molecule has 7 nitrogen and oxygen atoms in total. The summed E-state index contributed by atoms with van der Waals surface area (Å²) in [6, 6.07) is 12.0. The number of carbonyl (C=O) groups is 2. The lowest BCUT2D eigenvalue weighted by Crippen LogP contribution is -2.36. The maximum atomic E-state index is 14.6. The van der Waals surface area contributed by atoms with Crippen LogP contribution in [0.2, 0.25) is 5.02 Å². The van der Waals surface area contributed by atoms with Gasteiger partial charge in [0.2, 0.25) is 0 Å². The molecule has 1 aromatic heterocycles. The Morgan fingerprint density at radius 3 is 2.44 bits per heavy atom. The standard InChI is InChI=1S/C26H19ClF2N4O3/c27-19-11-16(1-4-21(19)29)26(35)31-17-3-5-20(28)18(13-17)25(34)15-2-6-22-23(12-15)32-24(14-30-22)33-7-9-36-10-8-33/h1-6,11-14H,7-10H2,(H,31,35). The molecule has 2 heterocycles. The molecule has 0 radical (unpaired) electrons. The predicted octanol–water partition coefficient (Wildman–Crippen LogP) is 4.88. The van der Waals surface area contributed by atoms with E-state index in [1.54, 1.807) is 24.4 Å². The molecule has 1 saturated heterocycles. The fourth-order valence-electron chi connectivity index (χ4n) is 3.86. The van der Waals surface area contributed by atoms with Gasteiger partial charge in [-0.3, -0.25) is 14.6 Å². The van der Waals surface area contributed by atoms with Crippen LogP contribution in [0.25, 0.3) is 11.0 Å².